The summed E-state index contributed by atoms with van der Waals surface area (Å²) in [6.45, 7) is 16.4. The third-order valence-corrected chi connectivity index (χ3v) is 8.17. The Hall–Kier alpha value is -3.30. The third kappa shape index (κ3) is 7.71. The molecule has 218 valence electrons. The Bertz CT molecular complexity index is 1350. The van der Waals surface area contributed by atoms with Gasteiger partial charge in [0.25, 0.3) is 5.91 Å². The third-order valence-electron chi connectivity index (χ3n) is 7.25. The fourth-order valence-corrected chi connectivity index (χ4v) is 5.56. The first-order valence-electron chi connectivity index (χ1n) is 14.4. The van der Waals surface area contributed by atoms with Crippen LogP contribution in [0.1, 0.15) is 61.8 Å². The number of ether oxygens (including phenoxy) is 2. The zero-order valence-corrected chi connectivity index (χ0v) is 25.6. The largest absolute Gasteiger partial charge is 0.454 e. The average Bonchev–Trinajstić information content (AvgIpc) is 3.43. The molecule has 0 unspecified atom stereocenters. The molecule has 3 heterocycles. The fraction of sp³-hybridized carbons (Fsp3) is 0.469. The van der Waals surface area contributed by atoms with Gasteiger partial charge in [-0.15, -0.1) is 0 Å². The van der Waals surface area contributed by atoms with Crippen molar-refractivity contribution in [3.63, 3.8) is 0 Å². The SMILES string of the molecule is CC(C)CNC(=O)c1ccc(CSc2nc(N3CCN(Cc4ccc5c(c4)OCO5)CC3)cc(C(C)(C)C)n2)cc1. The Kier molecular flexibility index (Phi) is 9.04. The van der Waals surface area contributed by atoms with Crippen LogP contribution in [0.3, 0.4) is 0 Å². The van der Waals surface area contributed by atoms with Crippen molar-refractivity contribution in [2.45, 2.75) is 57.5 Å². The van der Waals surface area contributed by atoms with Crippen molar-refractivity contribution in [1.29, 1.82) is 0 Å². The molecule has 2 aliphatic rings. The van der Waals surface area contributed by atoms with Crippen LogP contribution in [0, 0.1) is 5.92 Å². The normalized spacial score (nSPS) is 15.4. The van der Waals surface area contributed by atoms with Crippen LogP contribution in [0.25, 0.3) is 0 Å². The molecule has 1 N–H and O–H groups in total. The fourth-order valence-electron chi connectivity index (χ4n) is 4.76. The number of hydrogen-bond acceptors (Lipinski definition) is 8. The second-order valence-corrected chi connectivity index (χ2v) is 13.1. The molecule has 0 saturated carbocycles. The summed E-state index contributed by atoms with van der Waals surface area (Å²) in [5.74, 6) is 3.79. The predicted molar refractivity (Wildman–Crippen MR) is 164 cm³/mol. The maximum Gasteiger partial charge on any atom is 0.251 e. The van der Waals surface area contributed by atoms with E-state index in [0.29, 0.717) is 24.8 Å². The van der Waals surface area contributed by atoms with E-state index >= 15 is 0 Å². The smallest absolute Gasteiger partial charge is 0.251 e. The Morgan fingerprint density at radius 1 is 0.951 bits per heavy atom. The molecule has 2 aromatic carbocycles. The summed E-state index contributed by atoms with van der Waals surface area (Å²) in [5, 5.41) is 3.76. The quantitative estimate of drug-likeness (QED) is 0.265. The summed E-state index contributed by atoms with van der Waals surface area (Å²) < 4.78 is 11.0. The zero-order valence-electron chi connectivity index (χ0n) is 24.8. The molecule has 41 heavy (non-hydrogen) atoms. The Morgan fingerprint density at radius 3 is 2.37 bits per heavy atom. The topological polar surface area (TPSA) is 79.8 Å². The van der Waals surface area contributed by atoms with Crippen LogP contribution in [0.4, 0.5) is 5.82 Å². The number of rotatable bonds is 9. The van der Waals surface area contributed by atoms with Crippen LogP contribution in [0.15, 0.2) is 53.7 Å². The number of fused-ring (bicyclic) bond motifs is 1. The van der Waals surface area contributed by atoms with Gasteiger partial charge < -0.3 is 19.7 Å². The van der Waals surface area contributed by atoms with Crippen LogP contribution >= 0.6 is 11.8 Å². The van der Waals surface area contributed by atoms with Gasteiger partial charge in [-0.3, -0.25) is 9.69 Å². The van der Waals surface area contributed by atoms with Crippen molar-refractivity contribution in [2.24, 2.45) is 5.92 Å². The number of piperazine rings is 1. The van der Waals surface area contributed by atoms with E-state index in [2.05, 4.69) is 67.9 Å². The van der Waals surface area contributed by atoms with Crippen molar-refractivity contribution in [2.75, 3.05) is 44.4 Å². The first-order valence-corrected chi connectivity index (χ1v) is 15.4. The van der Waals surface area contributed by atoms with Gasteiger partial charge in [0.15, 0.2) is 16.7 Å². The highest BCUT2D eigenvalue weighted by atomic mass is 32.2. The van der Waals surface area contributed by atoms with Gasteiger partial charge in [0, 0.05) is 62.1 Å². The minimum Gasteiger partial charge on any atom is -0.454 e. The Labute approximate surface area is 247 Å². The summed E-state index contributed by atoms with van der Waals surface area (Å²) in [6, 6.07) is 16.2. The number of anilines is 1. The van der Waals surface area contributed by atoms with Crippen LogP contribution in [-0.2, 0) is 17.7 Å². The van der Waals surface area contributed by atoms with E-state index in [1.54, 1.807) is 11.8 Å². The van der Waals surface area contributed by atoms with E-state index in [1.807, 2.05) is 30.3 Å². The van der Waals surface area contributed by atoms with Gasteiger partial charge in [-0.25, -0.2) is 9.97 Å². The van der Waals surface area contributed by atoms with Crippen molar-refractivity contribution in [1.82, 2.24) is 20.2 Å². The second-order valence-electron chi connectivity index (χ2n) is 12.2. The van der Waals surface area contributed by atoms with E-state index < -0.39 is 0 Å². The van der Waals surface area contributed by atoms with Crippen LogP contribution in [0.5, 0.6) is 11.5 Å². The highest BCUT2D eigenvalue weighted by Gasteiger charge is 2.24. The van der Waals surface area contributed by atoms with E-state index in [-0.39, 0.29) is 11.3 Å². The molecular formula is C32H41N5O3S. The minimum atomic E-state index is -0.0842. The van der Waals surface area contributed by atoms with Crippen LogP contribution < -0.4 is 19.7 Å². The standard InChI is InChI=1S/C32H41N5O3S/c1-22(2)18-33-30(38)25-9-6-23(7-10-25)20-41-31-34-28(32(3,4)5)17-29(35-31)37-14-12-36(13-15-37)19-24-8-11-26-27(16-24)40-21-39-26/h6-11,16-17,22H,12-15,18-21H2,1-5H3,(H,33,38). The van der Waals surface area contributed by atoms with Gasteiger partial charge in [-0.05, 0) is 41.3 Å². The molecular weight excluding hydrogens is 534 g/mol. The number of nitrogens with zero attached hydrogens (tertiary/aromatic N) is 4. The number of carbonyl (C=O) groups is 1. The van der Waals surface area contributed by atoms with E-state index in [1.165, 1.54) is 5.56 Å². The summed E-state index contributed by atoms with van der Waals surface area (Å²) in [7, 11) is 0. The zero-order chi connectivity index (χ0) is 29.0. The monoisotopic (exact) mass is 575 g/mol. The van der Waals surface area contributed by atoms with Crippen molar-refractivity contribution < 1.29 is 14.3 Å². The molecule has 1 fully saturated rings. The lowest BCUT2D eigenvalue weighted by atomic mass is 9.92. The summed E-state index contributed by atoms with van der Waals surface area (Å²) in [4.78, 5) is 27.1. The number of thioether (sulfide) groups is 1. The summed E-state index contributed by atoms with van der Waals surface area (Å²) in [5.41, 5.74) is 4.02. The number of aromatic nitrogens is 2. The van der Waals surface area contributed by atoms with E-state index in [0.717, 1.165) is 72.2 Å². The minimum absolute atomic E-state index is 0.0280. The van der Waals surface area contributed by atoms with Gasteiger partial charge in [0.1, 0.15) is 5.82 Å². The van der Waals surface area contributed by atoms with Gasteiger partial charge >= 0.3 is 0 Å². The summed E-state index contributed by atoms with van der Waals surface area (Å²) in [6.07, 6.45) is 0. The number of nitrogens with one attached hydrogen (secondary N) is 1. The van der Waals surface area contributed by atoms with Gasteiger partial charge in [-0.1, -0.05) is 64.6 Å². The van der Waals surface area contributed by atoms with E-state index in [9.17, 15) is 4.79 Å². The predicted octanol–water partition coefficient (Wildman–Crippen LogP) is 5.50. The number of carbonyl (C=O) groups excluding carboxylic acids is 1. The molecule has 0 bridgehead atoms. The molecule has 0 spiro atoms. The molecule has 3 aromatic rings. The molecule has 8 nitrogen and oxygen atoms in total. The van der Waals surface area contributed by atoms with Crippen molar-refractivity contribution in [3.8, 4) is 11.5 Å². The number of hydrogen-bond donors (Lipinski definition) is 1. The maximum atomic E-state index is 12.4. The lowest BCUT2D eigenvalue weighted by Gasteiger charge is -2.36. The number of amides is 1. The van der Waals surface area contributed by atoms with Gasteiger partial charge in [0.05, 0.1) is 5.69 Å². The Balaban J connectivity index is 1.21. The highest BCUT2D eigenvalue weighted by molar-refractivity contribution is 7.98. The molecule has 9 heteroatoms. The van der Waals surface area contributed by atoms with Gasteiger partial charge in [0.2, 0.25) is 6.79 Å². The van der Waals surface area contributed by atoms with Crippen LogP contribution in [0.2, 0.25) is 0 Å². The van der Waals surface area contributed by atoms with Crippen molar-refractivity contribution in [3.05, 3.63) is 70.9 Å². The molecule has 2 aliphatic heterocycles. The van der Waals surface area contributed by atoms with Crippen molar-refractivity contribution >= 4 is 23.5 Å². The maximum absolute atomic E-state index is 12.4. The highest BCUT2D eigenvalue weighted by Crippen LogP contribution is 2.33. The molecule has 5 rings (SSSR count). The summed E-state index contributed by atoms with van der Waals surface area (Å²) >= 11 is 1.64. The Morgan fingerprint density at radius 2 is 1.66 bits per heavy atom. The lowest BCUT2D eigenvalue weighted by molar-refractivity contribution is 0.0949. The lowest BCUT2D eigenvalue weighted by Crippen LogP contribution is -2.46. The molecule has 0 atom stereocenters. The average molecular weight is 576 g/mol. The first-order chi connectivity index (χ1) is 19.6. The first kappa shape index (κ1) is 29.2. The number of benzene rings is 2. The second kappa shape index (κ2) is 12.7. The molecule has 1 amide bonds. The van der Waals surface area contributed by atoms with Gasteiger partial charge in [-0.2, -0.15) is 0 Å². The molecule has 1 saturated heterocycles. The van der Waals surface area contributed by atoms with Crippen LogP contribution in [-0.4, -0.2) is 60.3 Å². The van der Waals surface area contributed by atoms with E-state index in [4.69, 9.17) is 19.4 Å². The molecule has 0 aliphatic carbocycles. The molecule has 0 radical (unpaired) electrons. The molecule has 1 aromatic heterocycles.